The van der Waals surface area contributed by atoms with Crippen LogP contribution in [0.15, 0.2) is 55.1 Å². The topological polar surface area (TPSA) is 56.8 Å². The van der Waals surface area contributed by atoms with Crippen LogP contribution in [0.1, 0.15) is 13.3 Å². The Balaban J connectivity index is 2.24. The maximum absolute atomic E-state index is 12.8. The molecule has 0 fully saturated rings. The molecule has 0 bridgehead atoms. The predicted molar refractivity (Wildman–Crippen MR) is 104 cm³/mol. The molecule has 28 heavy (non-hydrogen) atoms. The van der Waals surface area contributed by atoms with Gasteiger partial charge in [0.1, 0.15) is 17.6 Å². The van der Waals surface area contributed by atoms with Crippen molar-refractivity contribution in [3.8, 4) is 22.6 Å². The molecule has 0 aliphatic rings. The lowest BCUT2D eigenvalue weighted by molar-refractivity contribution is -0.126. The maximum atomic E-state index is 12.8. The number of benzene rings is 2. The molecule has 1 amide bonds. The van der Waals surface area contributed by atoms with E-state index in [1.165, 1.54) is 19.2 Å². The molecule has 0 saturated heterocycles. The van der Waals surface area contributed by atoms with Crippen LogP contribution >= 0.6 is 0 Å². The molecule has 0 spiro atoms. The fourth-order valence-corrected chi connectivity index (χ4v) is 2.45. The second kappa shape index (κ2) is 10.4. The number of halogens is 2. The quantitative estimate of drug-likeness (QED) is 0.463. The fourth-order valence-electron chi connectivity index (χ4n) is 2.45. The van der Waals surface area contributed by atoms with Gasteiger partial charge in [-0.15, -0.1) is 6.58 Å². The minimum Gasteiger partial charge on any atom is -0.497 e. The minimum absolute atomic E-state index is 0.00782. The summed E-state index contributed by atoms with van der Waals surface area (Å²) in [5.74, 6) is 0.302. The van der Waals surface area contributed by atoms with Crippen molar-refractivity contribution in [1.82, 2.24) is 0 Å². The van der Waals surface area contributed by atoms with E-state index < -0.39 is 12.7 Å². The highest BCUT2D eigenvalue weighted by atomic mass is 19.3. The molecule has 2 aromatic carbocycles. The lowest BCUT2D eigenvalue weighted by atomic mass is 10.0. The molecule has 0 saturated carbocycles. The molecule has 0 aliphatic carbocycles. The van der Waals surface area contributed by atoms with Crippen LogP contribution in [0.3, 0.4) is 0 Å². The van der Waals surface area contributed by atoms with Gasteiger partial charge in [-0.3, -0.25) is 4.79 Å². The van der Waals surface area contributed by atoms with E-state index in [9.17, 15) is 13.6 Å². The molecule has 5 nitrogen and oxygen atoms in total. The lowest BCUT2D eigenvalue weighted by Gasteiger charge is -2.16. The zero-order valence-corrected chi connectivity index (χ0v) is 15.8. The van der Waals surface area contributed by atoms with Gasteiger partial charge in [-0.2, -0.15) is 8.78 Å². The van der Waals surface area contributed by atoms with E-state index in [4.69, 9.17) is 9.47 Å². The number of nitrogens with one attached hydrogen (secondary N) is 1. The molecule has 150 valence electrons. The standard InChI is InChI=1S/C21H23F2NO4/c1-4-5-12-27-14(2)20(25)24-16-8-11-19(28-21(22)23)18(13-16)15-6-9-17(26-3)10-7-15/h4,6-11,13-14,21H,1,5,12H2,2-3H3,(H,24,25). The fraction of sp³-hybridized carbons (Fsp3) is 0.286. The van der Waals surface area contributed by atoms with E-state index >= 15 is 0 Å². The summed E-state index contributed by atoms with van der Waals surface area (Å²) in [6.45, 7) is 2.65. The second-order valence-electron chi connectivity index (χ2n) is 5.90. The molecule has 7 heteroatoms. The number of carbonyl (C=O) groups is 1. The number of hydrogen-bond acceptors (Lipinski definition) is 4. The van der Waals surface area contributed by atoms with Gasteiger partial charge in [0.25, 0.3) is 5.91 Å². The molecule has 2 aromatic rings. The van der Waals surface area contributed by atoms with Gasteiger partial charge < -0.3 is 19.5 Å². The summed E-state index contributed by atoms with van der Waals surface area (Å²) in [5.41, 5.74) is 1.50. The van der Waals surface area contributed by atoms with E-state index in [0.29, 0.717) is 35.6 Å². The lowest BCUT2D eigenvalue weighted by Crippen LogP contribution is -2.28. The van der Waals surface area contributed by atoms with Gasteiger partial charge >= 0.3 is 6.61 Å². The first-order valence-electron chi connectivity index (χ1n) is 8.71. The summed E-state index contributed by atoms with van der Waals surface area (Å²) >= 11 is 0. The molecule has 2 rings (SSSR count). The van der Waals surface area contributed by atoms with Crippen LogP contribution in [-0.2, 0) is 9.53 Å². The van der Waals surface area contributed by atoms with Crippen molar-refractivity contribution in [1.29, 1.82) is 0 Å². The van der Waals surface area contributed by atoms with Gasteiger partial charge in [0.2, 0.25) is 0 Å². The number of alkyl halides is 2. The van der Waals surface area contributed by atoms with Gasteiger partial charge in [0, 0.05) is 11.3 Å². The van der Waals surface area contributed by atoms with Crippen molar-refractivity contribution in [2.24, 2.45) is 0 Å². The van der Waals surface area contributed by atoms with Gasteiger partial charge in [-0.05, 0) is 49.2 Å². The third kappa shape index (κ3) is 6.06. The van der Waals surface area contributed by atoms with Crippen LogP contribution in [-0.4, -0.2) is 32.3 Å². The van der Waals surface area contributed by atoms with Crippen molar-refractivity contribution >= 4 is 11.6 Å². The molecule has 1 unspecified atom stereocenters. The number of anilines is 1. The summed E-state index contributed by atoms with van der Waals surface area (Å²) in [4.78, 5) is 12.3. The zero-order valence-electron chi connectivity index (χ0n) is 15.8. The molecular formula is C21H23F2NO4. The zero-order chi connectivity index (χ0) is 20.5. The Morgan fingerprint density at radius 3 is 2.54 bits per heavy atom. The number of amides is 1. The van der Waals surface area contributed by atoms with E-state index in [0.717, 1.165) is 0 Å². The number of methoxy groups -OCH3 is 1. The van der Waals surface area contributed by atoms with Crippen LogP contribution in [0, 0.1) is 0 Å². The number of hydrogen-bond donors (Lipinski definition) is 1. The molecule has 0 aromatic heterocycles. The number of carbonyl (C=O) groups excluding carboxylic acids is 1. The molecule has 0 aliphatic heterocycles. The Bertz CT molecular complexity index is 793. The molecule has 1 N–H and O–H groups in total. The summed E-state index contributed by atoms with van der Waals surface area (Å²) < 4.78 is 40.7. The highest BCUT2D eigenvalue weighted by Gasteiger charge is 2.16. The van der Waals surface area contributed by atoms with Crippen molar-refractivity contribution < 1.29 is 27.8 Å². The predicted octanol–water partition coefficient (Wildman–Crippen LogP) is 4.88. The Morgan fingerprint density at radius 1 is 1.21 bits per heavy atom. The van der Waals surface area contributed by atoms with Crippen molar-refractivity contribution in [2.45, 2.75) is 26.1 Å². The normalized spacial score (nSPS) is 11.8. The monoisotopic (exact) mass is 391 g/mol. The first kappa shape index (κ1) is 21.4. The first-order chi connectivity index (χ1) is 13.4. The Hall–Kier alpha value is -2.93. The van der Waals surface area contributed by atoms with Crippen LogP contribution < -0.4 is 14.8 Å². The van der Waals surface area contributed by atoms with Crippen molar-refractivity contribution in [3.63, 3.8) is 0 Å². The molecule has 1 atom stereocenters. The van der Waals surface area contributed by atoms with Gasteiger partial charge in [-0.25, -0.2) is 0 Å². The third-order valence-corrected chi connectivity index (χ3v) is 3.92. The third-order valence-electron chi connectivity index (χ3n) is 3.92. The molecule has 0 radical (unpaired) electrons. The van der Waals surface area contributed by atoms with Gasteiger partial charge in [-0.1, -0.05) is 18.2 Å². The van der Waals surface area contributed by atoms with Crippen LogP contribution in [0.4, 0.5) is 14.5 Å². The highest BCUT2D eigenvalue weighted by molar-refractivity contribution is 5.94. The van der Waals surface area contributed by atoms with E-state index in [1.807, 2.05) is 0 Å². The van der Waals surface area contributed by atoms with Crippen molar-refractivity contribution in [3.05, 3.63) is 55.1 Å². The van der Waals surface area contributed by atoms with Gasteiger partial charge in [0.15, 0.2) is 0 Å². The van der Waals surface area contributed by atoms with Gasteiger partial charge in [0.05, 0.1) is 13.7 Å². The van der Waals surface area contributed by atoms with Crippen LogP contribution in [0.2, 0.25) is 0 Å². The number of rotatable bonds is 10. The van der Waals surface area contributed by atoms with Crippen LogP contribution in [0.25, 0.3) is 11.1 Å². The molecule has 0 heterocycles. The smallest absolute Gasteiger partial charge is 0.387 e. The Labute approximate surface area is 162 Å². The largest absolute Gasteiger partial charge is 0.497 e. The van der Waals surface area contributed by atoms with Crippen molar-refractivity contribution in [2.75, 3.05) is 19.0 Å². The number of ether oxygens (including phenoxy) is 3. The van der Waals surface area contributed by atoms with E-state index in [1.54, 1.807) is 43.3 Å². The first-order valence-corrected chi connectivity index (χ1v) is 8.71. The SMILES string of the molecule is C=CCCOC(C)C(=O)Nc1ccc(OC(F)F)c(-c2ccc(OC)cc2)c1. The Morgan fingerprint density at radius 2 is 1.93 bits per heavy atom. The maximum Gasteiger partial charge on any atom is 0.387 e. The summed E-state index contributed by atoms with van der Waals surface area (Å²) in [7, 11) is 1.54. The summed E-state index contributed by atoms with van der Waals surface area (Å²) in [6, 6.07) is 11.3. The van der Waals surface area contributed by atoms with E-state index in [2.05, 4.69) is 16.6 Å². The average molecular weight is 391 g/mol. The Kier molecular flexibility index (Phi) is 7.95. The highest BCUT2D eigenvalue weighted by Crippen LogP contribution is 2.34. The van der Waals surface area contributed by atoms with E-state index in [-0.39, 0.29) is 11.7 Å². The summed E-state index contributed by atoms with van der Waals surface area (Å²) in [6.07, 6.45) is 1.67. The average Bonchev–Trinajstić information content (AvgIpc) is 2.69. The minimum atomic E-state index is -2.96. The summed E-state index contributed by atoms with van der Waals surface area (Å²) in [5, 5.41) is 2.72. The van der Waals surface area contributed by atoms with Crippen LogP contribution in [0.5, 0.6) is 11.5 Å². The molecular weight excluding hydrogens is 368 g/mol. The second-order valence-corrected chi connectivity index (χ2v) is 5.90.